The van der Waals surface area contributed by atoms with Gasteiger partial charge in [0, 0.05) is 30.2 Å². The number of H-pyrrole nitrogens is 1. The maximum Gasteiger partial charge on any atom is 0.264 e. The zero-order chi connectivity index (χ0) is 9.10. The van der Waals surface area contributed by atoms with Gasteiger partial charge in [0.15, 0.2) is 0 Å². The lowest BCUT2D eigenvalue weighted by molar-refractivity contribution is 0.571. The van der Waals surface area contributed by atoms with Gasteiger partial charge in [0.1, 0.15) is 0 Å². The SMILES string of the molecule is O=c1ccc(CNC2CSC2)n[nH]1. The lowest BCUT2D eigenvalue weighted by Crippen LogP contribution is -2.39. The van der Waals surface area contributed by atoms with Gasteiger partial charge in [-0.3, -0.25) is 4.79 Å². The molecular weight excluding hydrogens is 186 g/mol. The summed E-state index contributed by atoms with van der Waals surface area (Å²) >= 11 is 1.94. The van der Waals surface area contributed by atoms with E-state index >= 15 is 0 Å². The van der Waals surface area contributed by atoms with Gasteiger partial charge >= 0.3 is 0 Å². The number of aromatic nitrogens is 2. The molecule has 1 aromatic heterocycles. The lowest BCUT2D eigenvalue weighted by Gasteiger charge is -2.25. The van der Waals surface area contributed by atoms with Gasteiger partial charge in [0.2, 0.25) is 0 Å². The van der Waals surface area contributed by atoms with E-state index in [4.69, 9.17) is 0 Å². The van der Waals surface area contributed by atoms with Gasteiger partial charge in [-0.25, -0.2) is 5.10 Å². The Labute approximate surface area is 80.1 Å². The van der Waals surface area contributed by atoms with Gasteiger partial charge in [0.05, 0.1) is 5.69 Å². The molecule has 0 atom stereocenters. The van der Waals surface area contributed by atoms with E-state index in [1.165, 1.54) is 17.6 Å². The highest BCUT2D eigenvalue weighted by molar-refractivity contribution is 8.00. The lowest BCUT2D eigenvalue weighted by atomic mass is 10.3. The van der Waals surface area contributed by atoms with Crippen molar-refractivity contribution in [2.75, 3.05) is 11.5 Å². The van der Waals surface area contributed by atoms with Gasteiger partial charge < -0.3 is 5.32 Å². The molecule has 0 amide bonds. The fraction of sp³-hybridized carbons (Fsp3) is 0.500. The normalized spacial score (nSPS) is 16.9. The van der Waals surface area contributed by atoms with Crippen LogP contribution in [0.3, 0.4) is 0 Å². The van der Waals surface area contributed by atoms with Crippen LogP contribution in [0.5, 0.6) is 0 Å². The van der Waals surface area contributed by atoms with Crippen molar-refractivity contribution in [3.05, 3.63) is 28.2 Å². The van der Waals surface area contributed by atoms with Crippen molar-refractivity contribution in [1.82, 2.24) is 15.5 Å². The molecule has 0 radical (unpaired) electrons. The molecule has 2 rings (SSSR count). The molecule has 1 saturated heterocycles. The van der Waals surface area contributed by atoms with Gasteiger partial charge in [-0.1, -0.05) is 0 Å². The van der Waals surface area contributed by atoms with Gasteiger partial charge in [-0.05, 0) is 6.07 Å². The van der Waals surface area contributed by atoms with Crippen molar-refractivity contribution in [3.63, 3.8) is 0 Å². The maximum absolute atomic E-state index is 10.7. The number of aromatic amines is 1. The van der Waals surface area contributed by atoms with Crippen molar-refractivity contribution in [2.45, 2.75) is 12.6 Å². The Balaban J connectivity index is 1.86. The molecule has 1 aliphatic heterocycles. The number of nitrogens with zero attached hydrogens (tertiary/aromatic N) is 1. The molecule has 2 N–H and O–H groups in total. The first kappa shape index (κ1) is 8.77. The summed E-state index contributed by atoms with van der Waals surface area (Å²) in [4.78, 5) is 10.7. The maximum atomic E-state index is 10.7. The van der Waals surface area contributed by atoms with E-state index in [2.05, 4.69) is 15.5 Å². The van der Waals surface area contributed by atoms with E-state index in [1.807, 2.05) is 11.8 Å². The second-order valence-corrected chi connectivity index (χ2v) is 4.10. The summed E-state index contributed by atoms with van der Waals surface area (Å²) in [6, 6.07) is 3.87. The summed E-state index contributed by atoms with van der Waals surface area (Å²) in [5, 5.41) is 9.66. The van der Waals surface area contributed by atoms with Crippen LogP contribution in [0.15, 0.2) is 16.9 Å². The molecular formula is C8H11N3OS. The minimum Gasteiger partial charge on any atom is -0.307 e. The molecule has 1 aliphatic rings. The summed E-state index contributed by atoms with van der Waals surface area (Å²) in [5.74, 6) is 2.37. The van der Waals surface area contributed by atoms with Crippen molar-refractivity contribution >= 4 is 11.8 Å². The monoisotopic (exact) mass is 197 g/mol. The van der Waals surface area contributed by atoms with Crippen molar-refractivity contribution in [2.24, 2.45) is 0 Å². The van der Waals surface area contributed by atoms with Gasteiger partial charge in [-0.15, -0.1) is 0 Å². The fourth-order valence-corrected chi connectivity index (χ4v) is 1.78. The topological polar surface area (TPSA) is 57.8 Å². The highest BCUT2D eigenvalue weighted by Gasteiger charge is 2.16. The second-order valence-electron chi connectivity index (χ2n) is 3.03. The molecule has 70 valence electrons. The minimum atomic E-state index is -0.150. The standard InChI is InChI=1S/C8H11N3OS/c12-8-2-1-6(10-11-8)3-9-7-4-13-5-7/h1-2,7,9H,3-5H2,(H,11,12). The number of nitrogens with one attached hydrogen (secondary N) is 2. The Morgan fingerprint density at radius 3 is 3.00 bits per heavy atom. The van der Waals surface area contributed by atoms with Crippen LogP contribution in [0.4, 0.5) is 0 Å². The molecule has 4 nitrogen and oxygen atoms in total. The molecule has 0 unspecified atom stereocenters. The second kappa shape index (κ2) is 3.93. The molecule has 1 aromatic rings. The first-order chi connectivity index (χ1) is 6.34. The molecule has 0 spiro atoms. The van der Waals surface area contributed by atoms with Crippen molar-refractivity contribution < 1.29 is 0 Å². The molecule has 0 saturated carbocycles. The van der Waals surface area contributed by atoms with Crippen LogP contribution in [0.2, 0.25) is 0 Å². The zero-order valence-corrected chi connectivity index (χ0v) is 7.93. The molecule has 1 fully saturated rings. The largest absolute Gasteiger partial charge is 0.307 e. The zero-order valence-electron chi connectivity index (χ0n) is 7.12. The molecule has 0 aromatic carbocycles. The molecule has 0 aliphatic carbocycles. The van der Waals surface area contributed by atoms with E-state index in [-0.39, 0.29) is 5.56 Å². The third kappa shape index (κ3) is 2.32. The summed E-state index contributed by atoms with van der Waals surface area (Å²) in [7, 11) is 0. The third-order valence-corrected chi connectivity index (χ3v) is 3.22. The van der Waals surface area contributed by atoms with E-state index in [9.17, 15) is 4.79 Å². The van der Waals surface area contributed by atoms with E-state index in [0.717, 1.165) is 12.2 Å². The van der Waals surface area contributed by atoms with Crippen LogP contribution < -0.4 is 10.9 Å². The van der Waals surface area contributed by atoms with Crippen LogP contribution in [-0.2, 0) is 6.54 Å². The van der Waals surface area contributed by atoms with Crippen LogP contribution in [0, 0.1) is 0 Å². The Morgan fingerprint density at radius 1 is 1.62 bits per heavy atom. The van der Waals surface area contributed by atoms with E-state index in [0.29, 0.717) is 6.04 Å². The minimum absolute atomic E-state index is 0.150. The Kier molecular flexibility index (Phi) is 2.65. The average Bonchev–Trinajstić information content (AvgIpc) is 2.05. The molecule has 5 heteroatoms. The first-order valence-corrected chi connectivity index (χ1v) is 5.36. The summed E-state index contributed by atoms with van der Waals surface area (Å²) in [6.45, 7) is 0.738. The summed E-state index contributed by atoms with van der Waals surface area (Å²) in [6.07, 6.45) is 0. The predicted octanol–water partition coefficient (Wildman–Crippen LogP) is -0.0251. The van der Waals surface area contributed by atoms with Crippen LogP contribution in [0.25, 0.3) is 0 Å². The van der Waals surface area contributed by atoms with E-state index < -0.39 is 0 Å². The van der Waals surface area contributed by atoms with Gasteiger partial charge in [-0.2, -0.15) is 16.9 Å². The Hall–Kier alpha value is -0.810. The van der Waals surface area contributed by atoms with Crippen molar-refractivity contribution in [1.29, 1.82) is 0 Å². The molecule has 2 heterocycles. The number of thioether (sulfide) groups is 1. The van der Waals surface area contributed by atoms with E-state index in [1.54, 1.807) is 6.07 Å². The number of hydrogen-bond donors (Lipinski definition) is 2. The van der Waals surface area contributed by atoms with Crippen LogP contribution >= 0.6 is 11.8 Å². The van der Waals surface area contributed by atoms with Crippen molar-refractivity contribution in [3.8, 4) is 0 Å². The number of rotatable bonds is 3. The van der Waals surface area contributed by atoms with Gasteiger partial charge in [0.25, 0.3) is 5.56 Å². The Bertz CT molecular complexity index is 314. The highest BCUT2D eigenvalue weighted by atomic mass is 32.2. The summed E-state index contributed by atoms with van der Waals surface area (Å²) in [5.41, 5.74) is 0.736. The third-order valence-electron chi connectivity index (χ3n) is 1.95. The molecule has 13 heavy (non-hydrogen) atoms. The first-order valence-electron chi connectivity index (χ1n) is 4.20. The van der Waals surface area contributed by atoms with Crippen LogP contribution in [0.1, 0.15) is 5.69 Å². The number of hydrogen-bond acceptors (Lipinski definition) is 4. The predicted molar refractivity (Wildman–Crippen MR) is 52.8 cm³/mol. The summed E-state index contributed by atoms with van der Waals surface area (Å²) < 4.78 is 0. The quantitative estimate of drug-likeness (QED) is 0.714. The molecule has 0 bridgehead atoms. The smallest absolute Gasteiger partial charge is 0.264 e. The average molecular weight is 197 g/mol. The Morgan fingerprint density at radius 2 is 2.46 bits per heavy atom. The van der Waals surface area contributed by atoms with Crippen LogP contribution in [-0.4, -0.2) is 27.7 Å². The fourth-order valence-electron chi connectivity index (χ4n) is 1.07. The highest BCUT2D eigenvalue weighted by Crippen LogP contribution is 2.17.